The summed E-state index contributed by atoms with van der Waals surface area (Å²) in [6.07, 6.45) is 1.19. The lowest BCUT2D eigenvalue weighted by Crippen LogP contribution is -2.34. The van der Waals surface area contributed by atoms with Crippen molar-refractivity contribution in [1.82, 2.24) is 15.2 Å². The van der Waals surface area contributed by atoms with Gasteiger partial charge < -0.3 is 10.3 Å². The minimum atomic E-state index is -0.577. The highest BCUT2D eigenvalue weighted by molar-refractivity contribution is 5.82. The second-order valence-corrected chi connectivity index (χ2v) is 2.62. The van der Waals surface area contributed by atoms with Gasteiger partial charge in [-0.2, -0.15) is 4.98 Å². The first-order chi connectivity index (χ1) is 6.27. The number of nitrogens with two attached hydrogens (primary N) is 1. The molecule has 1 unspecified atom stereocenters. The molecule has 1 atom stereocenters. The second kappa shape index (κ2) is 3.11. The normalized spacial score (nSPS) is 22.7. The Bertz CT molecular complexity index is 299. The number of carbonyl (C=O) groups excluding carboxylic acids is 1. The topological polar surface area (TPSA) is 94.5 Å². The average Bonchev–Trinajstić information content (AvgIpc) is 2.71. The fourth-order valence-electron chi connectivity index (χ4n) is 1.00. The summed E-state index contributed by atoms with van der Waals surface area (Å²) >= 11 is 0. The van der Waals surface area contributed by atoms with Crippen molar-refractivity contribution in [3.05, 3.63) is 12.2 Å². The van der Waals surface area contributed by atoms with E-state index in [1.807, 2.05) is 0 Å². The van der Waals surface area contributed by atoms with Crippen molar-refractivity contribution in [2.75, 3.05) is 6.61 Å². The summed E-state index contributed by atoms with van der Waals surface area (Å²) in [5, 5.41) is 4.67. The molecule has 1 aromatic heterocycles. The number of hydrogen-bond donors (Lipinski definition) is 1. The molecule has 70 valence electrons. The molecule has 1 fully saturated rings. The molecular formula is C6H8N4O3. The van der Waals surface area contributed by atoms with Gasteiger partial charge in [0.2, 0.25) is 6.39 Å². The zero-order chi connectivity index (χ0) is 9.26. The van der Waals surface area contributed by atoms with Crippen LogP contribution in [0.1, 0.15) is 5.82 Å². The number of nitrogens with zero attached hydrogens (tertiary/aromatic N) is 3. The maximum atomic E-state index is 11.2. The van der Waals surface area contributed by atoms with Crippen LogP contribution in [0.4, 0.5) is 0 Å². The van der Waals surface area contributed by atoms with Crippen LogP contribution in [0.2, 0.25) is 0 Å². The lowest BCUT2D eigenvalue weighted by atomic mass is 10.3. The summed E-state index contributed by atoms with van der Waals surface area (Å²) in [4.78, 5) is 20.0. The molecular weight excluding hydrogens is 176 g/mol. The number of amides is 1. The van der Waals surface area contributed by atoms with E-state index in [0.29, 0.717) is 5.82 Å². The zero-order valence-corrected chi connectivity index (χ0v) is 6.71. The van der Waals surface area contributed by atoms with Crippen LogP contribution in [-0.2, 0) is 16.2 Å². The molecule has 1 saturated heterocycles. The highest BCUT2D eigenvalue weighted by Gasteiger charge is 2.30. The Hall–Kier alpha value is -1.47. The number of carbonyl (C=O) groups is 1. The van der Waals surface area contributed by atoms with Gasteiger partial charge in [0.1, 0.15) is 12.6 Å². The average molecular weight is 184 g/mol. The van der Waals surface area contributed by atoms with Crippen molar-refractivity contribution in [2.24, 2.45) is 5.73 Å². The summed E-state index contributed by atoms with van der Waals surface area (Å²) in [6, 6.07) is -0.577. The first-order valence-electron chi connectivity index (χ1n) is 3.72. The maximum Gasteiger partial charge on any atom is 0.265 e. The molecule has 1 aliphatic heterocycles. The van der Waals surface area contributed by atoms with Gasteiger partial charge in [-0.3, -0.25) is 9.63 Å². The van der Waals surface area contributed by atoms with Gasteiger partial charge in [-0.15, -0.1) is 0 Å². The van der Waals surface area contributed by atoms with E-state index in [4.69, 9.17) is 10.6 Å². The van der Waals surface area contributed by atoms with E-state index in [-0.39, 0.29) is 19.1 Å². The zero-order valence-electron chi connectivity index (χ0n) is 6.71. The van der Waals surface area contributed by atoms with E-state index in [1.165, 1.54) is 6.39 Å². The summed E-state index contributed by atoms with van der Waals surface area (Å²) in [5.41, 5.74) is 5.42. The van der Waals surface area contributed by atoms with Gasteiger partial charge in [0.25, 0.3) is 5.91 Å². The molecule has 1 aromatic rings. The van der Waals surface area contributed by atoms with E-state index in [2.05, 4.69) is 14.7 Å². The Morgan fingerprint density at radius 1 is 1.77 bits per heavy atom. The predicted octanol–water partition coefficient (Wildman–Crippen LogP) is -1.33. The van der Waals surface area contributed by atoms with E-state index >= 15 is 0 Å². The molecule has 7 heteroatoms. The molecule has 7 nitrogen and oxygen atoms in total. The molecule has 2 N–H and O–H groups in total. The van der Waals surface area contributed by atoms with Gasteiger partial charge in [0, 0.05) is 0 Å². The molecule has 0 saturated carbocycles. The van der Waals surface area contributed by atoms with Crippen LogP contribution >= 0.6 is 0 Å². The van der Waals surface area contributed by atoms with Crippen molar-refractivity contribution in [2.45, 2.75) is 12.6 Å². The maximum absolute atomic E-state index is 11.2. The predicted molar refractivity (Wildman–Crippen MR) is 38.8 cm³/mol. The smallest absolute Gasteiger partial charge is 0.265 e. The largest absolute Gasteiger partial charge is 0.343 e. The van der Waals surface area contributed by atoms with Crippen molar-refractivity contribution < 1.29 is 14.2 Å². The Labute approximate surface area is 73.4 Å². The molecule has 0 spiro atoms. The number of hydroxylamine groups is 2. The highest BCUT2D eigenvalue weighted by Crippen LogP contribution is 2.08. The van der Waals surface area contributed by atoms with Gasteiger partial charge in [-0.1, -0.05) is 5.16 Å². The molecule has 2 heterocycles. The number of hydrogen-bond acceptors (Lipinski definition) is 6. The highest BCUT2D eigenvalue weighted by atomic mass is 16.7. The van der Waals surface area contributed by atoms with Gasteiger partial charge in [0.05, 0.1) is 6.61 Å². The SMILES string of the molecule is NC1CON(Cc2ncon2)C1=O. The molecule has 1 amide bonds. The summed E-state index contributed by atoms with van der Waals surface area (Å²) < 4.78 is 4.50. The Morgan fingerprint density at radius 3 is 3.15 bits per heavy atom. The Morgan fingerprint density at radius 2 is 2.62 bits per heavy atom. The lowest BCUT2D eigenvalue weighted by Gasteiger charge is -2.10. The third-order valence-electron chi connectivity index (χ3n) is 1.66. The standard InChI is InChI=1S/C6H8N4O3/c7-4-2-13-10(6(4)11)1-5-8-3-12-9-5/h3-4H,1-2,7H2. The van der Waals surface area contributed by atoms with Crippen LogP contribution in [0.15, 0.2) is 10.9 Å². The van der Waals surface area contributed by atoms with E-state index in [1.54, 1.807) is 0 Å². The summed E-state index contributed by atoms with van der Waals surface area (Å²) in [6.45, 7) is 0.375. The minimum Gasteiger partial charge on any atom is -0.343 e. The van der Waals surface area contributed by atoms with E-state index < -0.39 is 6.04 Å². The fraction of sp³-hybridized carbons (Fsp3) is 0.500. The monoisotopic (exact) mass is 184 g/mol. The lowest BCUT2D eigenvalue weighted by molar-refractivity contribution is -0.165. The van der Waals surface area contributed by atoms with Crippen molar-refractivity contribution in [3.63, 3.8) is 0 Å². The van der Waals surface area contributed by atoms with Gasteiger partial charge in [-0.05, 0) is 0 Å². The van der Waals surface area contributed by atoms with Crippen molar-refractivity contribution >= 4 is 5.91 Å². The Kier molecular flexibility index (Phi) is 1.95. The van der Waals surface area contributed by atoms with Crippen LogP contribution in [-0.4, -0.2) is 33.8 Å². The molecule has 0 aliphatic carbocycles. The van der Waals surface area contributed by atoms with Gasteiger partial charge >= 0.3 is 0 Å². The number of rotatable bonds is 2. The molecule has 1 aliphatic rings. The van der Waals surface area contributed by atoms with Crippen LogP contribution < -0.4 is 5.73 Å². The molecule has 0 aromatic carbocycles. The summed E-state index contributed by atoms with van der Waals surface area (Å²) in [7, 11) is 0. The first-order valence-corrected chi connectivity index (χ1v) is 3.72. The third kappa shape index (κ3) is 1.51. The van der Waals surface area contributed by atoms with E-state index in [9.17, 15) is 4.79 Å². The quantitative estimate of drug-likeness (QED) is 0.612. The van der Waals surface area contributed by atoms with Crippen LogP contribution in [0.3, 0.4) is 0 Å². The molecule has 0 bridgehead atoms. The van der Waals surface area contributed by atoms with Gasteiger partial charge in [0.15, 0.2) is 5.82 Å². The van der Waals surface area contributed by atoms with Gasteiger partial charge in [-0.25, -0.2) is 5.06 Å². The van der Waals surface area contributed by atoms with E-state index in [0.717, 1.165) is 5.06 Å². The van der Waals surface area contributed by atoms with Crippen LogP contribution in [0.5, 0.6) is 0 Å². The molecule has 13 heavy (non-hydrogen) atoms. The fourth-order valence-corrected chi connectivity index (χ4v) is 1.00. The van der Waals surface area contributed by atoms with Crippen LogP contribution in [0.25, 0.3) is 0 Å². The van der Waals surface area contributed by atoms with Crippen molar-refractivity contribution in [1.29, 1.82) is 0 Å². The minimum absolute atomic E-state index is 0.170. The molecule has 0 radical (unpaired) electrons. The Balaban J connectivity index is 2.00. The second-order valence-electron chi connectivity index (χ2n) is 2.62. The van der Waals surface area contributed by atoms with Crippen LogP contribution in [0, 0.1) is 0 Å². The first kappa shape index (κ1) is 8.14. The molecule has 2 rings (SSSR count). The summed E-state index contributed by atoms with van der Waals surface area (Å²) in [5.74, 6) is 0.132. The third-order valence-corrected chi connectivity index (χ3v) is 1.66. The number of aromatic nitrogens is 2. The van der Waals surface area contributed by atoms with Crippen molar-refractivity contribution in [3.8, 4) is 0 Å².